The van der Waals surface area contributed by atoms with Gasteiger partial charge in [0, 0.05) is 0 Å². The van der Waals surface area contributed by atoms with E-state index in [1.807, 2.05) is 11.4 Å². The lowest BCUT2D eigenvalue weighted by Gasteiger charge is -1.98. The average Bonchev–Trinajstić information content (AvgIpc) is 2.83. The molecule has 0 bridgehead atoms. The standard InChI is InChI=1S/C9H7BrN2O2S/c1-5-7(10)8(12-14-5)11-9(13)6-3-2-4-15-6/h2-4H,1H3,(H,11,12,13). The van der Waals surface area contributed by atoms with Crippen molar-refractivity contribution in [2.75, 3.05) is 5.32 Å². The van der Waals surface area contributed by atoms with Crippen LogP contribution in [0.4, 0.5) is 5.82 Å². The second kappa shape index (κ2) is 4.16. The number of thiophene rings is 1. The highest BCUT2D eigenvalue weighted by Crippen LogP contribution is 2.25. The third kappa shape index (κ3) is 2.10. The molecule has 1 amide bonds. The fraction of sp³-hybridized carbons (Fsp3) is 0.111. The Hall–Kier alpha value is -1.14. The maximum atomic E-state index is 11.6. The first-order valence-electron chi connectivity index (χ1n) is 4.15. The van der Waals surface area contributed by atoms with Gasteiger partial charge in [0.25, 0.3) is 5.91 Å². The zero-order chi connectivity index (χ0) is 10.8. The second-order valence-electron chi connectivity index (χ2n) is 2.83. The van der Waals surface area contributed by atoms with Crippen molar-refractivity contribution >= 4 is 39.0 Å². The summed E-state index contributed by atoms with van der Waals surface area (Å²) in [6, 6.07) is 3.57. The predicted octanol–water partition coefficient (Wildman–Crippen LogP) is 3.06. The van der Waals surface area contributed by atoms with Crippen molar-refractivity contribution in [1.29, 1.82) is 0 Å². The first-order chi connectivity index (χ1) is 7.18. The predicted molar refractivity (Wildman–Crippen MR) is 61.2 cm³/mol. The Morgan fingerprint density at radius 3 is 3.00 bits per heavy atom. The van der Waals surface area contributed by atoms with Crippen LogP contribution in [0.15, 0.2) is 26.5 Å². The number of halogens is 1. The largest absolute Gasteiger partial charge is 0.358 e. The van der Waals surface area contributed by atoms with E-state index in [-0.39, 0.29) is 5.91 Å². The van der Waals surface area contributed by atoms with Gasteiger partial charge >= 0.3 is 0 Å². The van der Waals surface area contributed by atoms with Crippen LogP contribution in [-0.2, 0) is 0 Å². The van der Waals surface area contributed by atoms with Gasteiger partial charge in [-0.15, -0.1) is 11.3 Å². The molecule has 0 aliphatic carbocycles. The van der Waals surface area contributed by atoms with E-state index in [0.29, 0.717) is 20.9 Å². The van der Waals surface area contributed by atoms with E-state index in [9.17, 15) is 4.79 Å². The SMILES string of the molecule is Cc1onc(NC(=O)c2cccs2)c1Br. The molecule has 0 saturated heterocycles. The molecule has 15 heavy (non-hydrogen) atoms. The van der Waals surface area contributed by atoms with Gasteiger partial charge in [0.15, 0.2) is 5.82 Å². The fourth-order valence-electron chi connectivity index (χ4n) is 1.02. The average molecular weight is 287 g/mol. The third-order valence-electron chi connectivity index (χ3n) is 1.77. The van der Waals surface area contributed by atoms with Gasteiger partial charge in [0.05, 0.1) is 4.88 Å². The Bertz CT molecular complexity index is 478. The zero-order valence-electron chi connectivity index (χ0n) is 7.78. The van der Waals surface area contributed by atoms with E-state index in [1.54, 1.807) is 13.0 Å². The van der Waals surface area contributed by atoms with Gasteiger partial charge in [-0.2, -0.15) is 0 Å². The number of anilines is 1. The van der Waals surface area contributed by atoms with Gasteiger partial charge < -0.3 is 9.84 Å². The third-order valence-corrected chi connectivity index (χ3v) is 3.57. The van der Waals surface area contributed by atoms with Crippen LogP contribution < -0.4 is 5.32 Å². The summed E-state index contributed by atoms with van der Waals surface area (Å²) in [6.45, 7) is 1.76. The highest BCUT2D eigenvalue weighted by Gasteiger charge is 2.14. The van der Waals surface area contributed by atoms with Gasteiger partial charge in [0.2, 0.25) is 0 Å². The molecule has 0 radical (unpaired) electrons. The number of nitrogens with zero attached hydrogens (tertiary/aromatic N) is 1. The van der Waals surface area contributed by atoms with Gasteiger partial charge in [-0.3, -0.25) is 4.79 Å². The second-order valence-corrected chi connectivity index (χ2v) is 4.57. The lowest BCUT2D eigenvalue weighted by Crippen LogP contribution is -2.10. The van der Waals surface area contributed by atoms with Crippen molar-refractivity contribution in [3.8, 4) is 0 Å². The molecule has 2 aromatic heterocycles. The molecule has 2 heterocycles. The van der Waals surface area contributed by atoms with E-state index >= 15 is 0 Å². The monoisotopic (exact) mass is 286 g/mol. The summed E-state index contributed by atoms with van der Waals surface area (Å²) in [5.74, 6) is 0.862. The maximum Gasteiger partial charge on any atom is 0.266 e. The van der Waals surface area contributed by atoms with E-state index < -0.39 is 0 Å². The van der Waals surface area contributed by atoms with Gasteiger partial charge in [0.1, 0.15) is 10.2 Å². The number of hydrogen-bond donors (Lipinski definition) is 1. The topological polar surface area (TPSA) is 55.1 Å². The minimum absolute atomic E-state index is 0.181. The molecule has 4 nitrogen and oxygen atoms in total. The molecule has 0 aromatic carbocycles. The van der Waals surface area contributed by atoms with Crippen LogP contribution in [0.5, 0.6) is 0 Å². The quantitative estimate of drug-likeness (QED) is 0.923. The molecule has 0 saturated carbocycles. The molecule has 0 unspecified atom stereocenters. The first kappa shape index (κ1) is 10.4. The van der Waals surface area contributed by atoms with Crippen LogP contribution in [0.3, 0.4) is 0 Å². The Labute approximate surface area is 98.4 Å². The van der Waals surface area contributed by atoms with Crippen LogP contribution in [0.1, 0.15) is 15.4 Å². The van der Waals surface area contributed by atoms with Crippen LogP contribution in [0.2, 0.25) is 0 Å². The van der Waals surface area contributed by atoms with E-state index in [0.717, 1.165) is 0 Å². The van der Waals surface area contributed by atoms with Gasteiger partial charge in [-0.25, -0.2) is 0 Å². The Morgan fingerprint density at radius 1 is 1.67 bits per heavy atom. The maximum absolute atomic E-state index is 11.6. The lowest BCUT2D eigenvalue weighted by molar-refractivity contribution is 0.102. The molecule has 2 aromatic rings. The number of carbonyl (C=O) groups is 1. The molecule has 0 spiro atoms. The number of aryl methyl sites for hydroxylation is 1. The summed E-state index contributed by atoms with van der Waals surface area (Å²) in [5.41, 5.74) is 0. The number of rotatable bonds is 2. The summed E-state index contributed by atoms with van der Waals surface area (Å²) in [5, 5.41) is 8.21. The molecule has 0 aliphatic rings. The van der Waals surface area contributed by atoms with Crippen molar-refractivity contribution in [3.63, 3.8) is 0 Å². The number of hydrogen-bond acceptors (Lipinski definition) is 4. The normalized spacial score (nSPS) is 10.3. The molecule has 0 atom stereocenters. The summed E-state index contributed by atoms with van der Waals surface area (Å²) in [7, 11) is 0. The van der Waals surface area contributed by atoms with E-state index in [2.05, 4.69) is 26.4 Å². The minimum Gasteiger partial charge on any atom is -0.358 e. The van der Waals surface area contributed by atoms with Gasteiger partial charge in [-0.1, -0.05) is 11.2 Å². The minimum atomic E-state index is -0.181. The van der Waals surface area contributed by atoms with Crippen LogP contribution in [0, 0.1) is 6.92 Å². The molecular weight excluding hydrogens is 280 g/mol. The fourth-order valence-corrected chi connectivity index (χ4v) is 1.88. The van der Waals surface area contributed by atoms with Gasteiger partial charge in [-0.05, 0) is 34.3 Å². The van der Waals surface area contributed by atoms with Crippen LogP contribution in [-0.4, -0.2) is 11.1 Å². The first-order valence-corrected chi connectivity index (χ1v) is 5.82. The number of amides is 1. The van der Waals surface area contributed by atoms with Crippen molar-refractivity contribution in [2.24, 2.45) is 0 Å². The van der Waals surface area contributed by atoms with E-state index in [1.165, 1.54) is 11.3 Å². The van der Waals surface area contributed by atoms with Crippen molar-refractivity contribution in [2.45, 2.75) is 6.92 Å². The van der Waals surface area contributed by atoms with E-state index in [4.69, 9.17) is 4.52 Å². The molecule has 6 heteroatoms. The number of carbonyl (C=O) groups excluding carboxylic acids is 1. The number of nitrogens with one attached hydrogen (secondary N) is 1. The van der Waals surface area contributed by atoms with Crippen molar-refractivity contribution in [3.05, 3.63) is 32.6 Å². The summed E-state index contributed by atoms with van der Waals surface area (Å²) >= 11 is 4.65. The molecule has 0 fully saturated rings. The highest BCUT2D eigenvalue weighted by molar-refractivity contribution is 9.10. The lowest BCUT2D eigenvalue weighted by atomic mass is 10.4. The molecule has 78 valence electrons. The van der Waals surface area contributed by atoms with Crippen molar-refractivity contribution < 1.29 is 9.32 Å². The Morgan fingerprint density at radius 2 is 2.47 bits per heavy atom. The van der Waals surface area contributed by atoms with Crippen molar-refractivity contribution in [1.82, 2.24) is 5.16 Å². The zero-order valence-corrected chi connectivity index (χ0v) is 10.2. The summed E-state index contributed by atoms with van der Waals surface area (Å²) < 4.78 is 5.58. The Balaban J connectivity index is 2.16. The molecular formula is C9H7BrN2O2S. The highest BCUT2D eigenvalue weighted by atomic mass is 79.9. The smallest absolute Gasteiger partial charge is 0.266 e. The molecule has 2 rings (SSSR count). The summed E-state index contributed by atoms with van der Waals surface area (Å²) in [6.07, 6.45) is 0. The molecule has 1 N–H and O–H groups in total. The summed E-state index contributed by atoms with van der Waals surface area (Å²) in [4.78, 5) is 12.3. The van der Waals surface area contributed by atoms with Crippen LogP contribution >= 0.6 is 27.3 Å². The molecule has 0 aliphatic heterocycles. The Kier molecular flexibility index (Phi) is 2.88. The van der Waals surface area contributed by atoms with Crippen LogP contribution in [0.25, 0.3) is 0 Å². The number of aromatic nitrogens is 1.